The molecule has 14 unspecified atom stereocenters. The quantitative estimate of drug-likeness (QED) is 0.275. The van der Waals surface area contributed by atoms with Crippen molar-refractivity contribution in [3.05, 3.63) is 11.1 Å². The molecule has 6 aliphatic rings. The topological polar surface area (TPSA) is 163 Å². The van der Waals surface area contributed by atoms with Crippen LogP contribution in [-0.4, -0.2) is 98.8 Å². The Morgan fingerprint density at radius 3 is 2.33 bits per heavy atom. The SMILES string of the molecule is CCC(=O)C1CC(C)C2(CC(=O)C3(C)C4=C(CCC32C)C2(C)CCC(OC3OC(CO)C(O)C(O)C3O)C(C)(CO)C2CC4)O1. The van der Waals surface area contributed by atoms with Gasteiger partial charge >= 0.3 is 0 Å². The number of aliphatic hydroxyl groups is 5. The molecule has 4 aliphatic carbocycles. The summed E-state index contributed by atoms with van der Waals surface area (Å²) in [5.41, 5.74) is -0.264. The molecule has 6 rings (SSSR count). The number of carbonyl (C=O) groups is 2. The largest absolute Gasteiger partial charge is 0.396 e. The molecule has 2 saturated carbocycles. The lowest BCUT2D eigenvalue weighted by Crippen LogP contribution is -2.63. The summed E-state index contributed by atoms with van der Waals surface area (Å²) in [7, 11) is 0. The summed E-state index contributed by atoms with van der Waals surface area (Å²) in [5.74, 6) is 0.429. The molecular formula is C35H54O10. The summed E-state index contributed by atoms with van der Waals surface area (Å²) in [5, 5.41) is 51.9. The summed E-state index contributed by atoms with van der Waals surface area (Å²) < 4.78 is 18.8. The number of rotatable bonds is 6. The first-order valence-electron chi connectivity index (χ1n) is 17.1. The van der Waals surface area contributed by atoms with Crippen molar-refractivity contribution in [3.8, 4) is 0 Å². The van der Waals surface area contributed by atoms with Gasteiger partial charge in [0.2, 0.25) is 0 Å². The van der Waals surface area contributed by atoms with Gasteiger partial charge in [0.1, 0.15) is 36.3 Å². The first-order chi connectivity index (χ1) is 21.1. The summed E-state index contributed by atoms with van der Waals surface area (Å²) in [6.45, 7) is 12.0. The van der Waals surface area contributed by atoms with E-state index in [0.29, 0.717) is 25.7 Å². The first kappa shape index (κ1) is 33.7. The zero-order chi connectivity index (χ0) is 32.9. The average Bonchev–Trinajstić information content (AvgIpc) is 3.44. The Labute approximate surface area is 266 Å². The Kier molecular flexibility index (Phi) is 8.34. The van der Waals surface area contributed by atoms with Gasteiger partial charge in [-0.3, -0.25) is 9.59 Å². The summed E-state index contributed by atoms with van der Waals surface area (Å²) in [4.78, 5) is 27.1. The summed E-state index contributed by atoms with van der Waals surface area (Å²) in [6.07, 6.45) is -2.02. The molecule has 2 heterocycles. The second-order valence-corrected chi connectivity index (χ2v) is 16.0. The zero-order valence-corrected chi connectivity index (χ0v) is 27.8. The number of allylic oxidation sites excluding steroid dienone is 2. The van der Waals surface area contributed by atoms with Gasteiger partial charge in [-0.25, -0.2) is 0 Å². The minimum absolute atomic E-state index is 0.0176. The monoisotopic (exact) mass is 634 g/mol. The standard InChI is InChI=1S/C35H54O10/c1-7-21(38)22-14-18(2)35(45-22)15-25(39)34(6)20-8-9-24-31(3,19(20)10-13-33(34,35)5)12-11-26(32(24,4)17-37)44-30-29(42)28(41)27(40)23(16-36)43-30/h18,22-24,26-30,36-37,40-42H,7-17H2,1-6H3. The van der Waals surface area contributed by atoms with Crippen LogP contribution in [0.2, 0.25) is 0 Å². The second-order valence-electron chi connectivity index (χ2n) is 16.0. The highest BCUT2D eigenvalue weighted by Crippen LogP contribution is 2.74. The predicted molar refractivity (Wildman–Crippen MR) is 163 cm³/mol. The maximum Gasteiger partial charge on any atom is 0.186 e. The van der Waals surface area contributed by atoms with Crippen molar-refractivity contribution in [2.45, 2.75) is 148 Å². The molecule has 14 atom stereocenters. The van der Waals surface area contributed by atoms with Crippen LogP contribution in [0.1, 0.15) is 99.3 Å². The Morgan fingerprint density at radius 2 is 1.69 bits per heavy atom. The lowest BCUT2D eigenvalue weighted by molar-refractivity contribution is -0.328. The minimum Gasteiger partial charge on any atom is -0.396 e. The van der Waals surface area contributed by atoms with E-state index in [1.165, 1.54) is 11.1 Å². The van der Waals surface area contributed by atoms with Crippen molar-refractivity contribution >= 4 is 11.6 Å². The van der Waals surface area contributed by atoms with Crippen LogP contribution in [0.25, 0.3) is 0 Å². The highest BCUT2D eigenvalue weighted by atomic mass is 16.7. The molecular weight excluding hydrogens is 580 g/mol. The van der Waals surface area contributed by atoms with E-state index < -0.39 is 71.4 Å². The van der Waals surface area contributed by atoms with Crippen LogP contribution in [-0.2, 0) is 23.8 Å². The Hall–Kier alpha value is -1.24. The fraction of sp³-hybridized carbons (Fsp3) is 0.886. The van der Waals surface area contributed by atoms with Crippen LogP contribution >= 0.6 is 0 Å². The van der Waals surface area contributed by atoms with Gasteiger partial charge in [0.25, 0.3) is 0 Å². The molecule has 0 radical (unpaired) electrons. The molecule has 0 bridgehead atoms. The van der Waals surface area contributed by atoms with Gasteiger partial charge in [0, 0.05) is 23.7 Å². The summed E-state index contributed by atoms with van der Waals surface area (Å²) in [6, 6.07) is 0. The fourth-order valence-electron chi connectivity index (χ4n) is 11.4. The van der Waals surface area contributed by atoms with E-state index in [0.717, 1.165) is 32.1 Å². The van der Waals surface area contributed by atoms with Crippen LogP contribution in [0.5, 0.6) is 0 Å². The molecule has 0 aromatic carbocycles. The van der Waals surface area contributed by atoms with E-state index >= 15 is 0 Å². The van der Waals surface area contributed by atoms with Crippen molar-refractivity contribution in [1.29, 1.82) is 0 Å². The molecule has 1 spiro atoms. The van der Waals surface area contributed by atoms with Gasteiger partial charge in [-0.15, -0.1) is 0 Å². The molecule has 10 heteroatoms. The second kappa shape index (κ2) is 11.2. The lowest BCUT2D eigenvalue weighted by atomic mass is 9.42. The van der Waals surface area contributed by atoms with Crippen molar-refractivity contribution in [3.63, 3.8) is 0 Å². The third kappa shape index (κ3) is 4.28. The molecule has 2 aliphatic heterocycles. The molecule has 45 heavy (non-hydrogen) atoms. The van der Waals surface area contributed by atoms with Crippen LogP contribution in [0.3, 0.4) is 0 Å². The van der Waals surface area contributed by atoms with Crippen LogP contribution in [0.4, 0.5) is 0 Å². The highest BCUT2D eigenvalue weighted by Gasteiger charge is 2.75. The first-order valence-corrected chi connectivity index (χ1v) is 17.1. The number of fused-ring (bicyclic) bond motifs is 5. The Balaban J connectivity index is 1.32. The van der Waals surface area contributed by atoms with E-state index in [4.69, 9.17) is 14.2 Å². The zero-order valence-electron chi connectivity index (χ0n) is 27.8. The van der Waals surface area contributed by atoms with E-state index in [1.54, 1.807) is 0 Å². The van der Waals surface area contributed by atoms with Crippen molar-refractivity contribution in [1.82, 2.24) is 0 Å². The summed E-state index contributed by atoms with van der Waals surface area (Å²) >= 11 is 0. The minimum atomic E-state index is -1.54. The number of hydrogen-bond donors (Lipinski definition) is 5. The van der Waals surface area contributed by atoms with Crippen LogP contribution in [0, 0.1) is 33.5 Å². The van der Waals surface area contributed by atoms with Crippen LogP contribution < -0.4 is 0 Å². The van der Waals surface area contributed by atoms with E-state index in [2.05, 4.69) is 27.7 Å². The number of ether oxygens (including phenoxy) is 3. The number of hydrogen-bond acceptors (Lipinski definition) is 10. The molecule has 0 aromatic heterocycles. The highest BCUT2D eigenvalue weighted by molar-refractivity contribution is 5.94. The number of aliphatic hydroxyl groups excluding tert-OH is 5. The normalized spacial score (nSPS) is 53.0. The third-order valence-electron chi connectivity index (χ3n) is 14.4. The average molecular weight is 635 g/mol. The van der Waals surface area contributed by atoms with Gasteiger partial charge in [0.15, 0.2) is 12.1 Å². The van der Waals surface area contributed by atoms with Crippen LogP contribution in [0.15, 0.2) is 11.1 Å². The van der Waals surface area contributed by atoms with Gasteiger partial charge < -0.3 is 39.7 Å². The lowest BCUT2D eigenvalue weighted by Gasteiger charge is -2.63. The molecule has 2 saturated heterocycles. The van der Waals surface area contributed by atoms with Gasteiger partial charge in [-0.2, -0.15) is 0 Å². The molecule has 254 valence electrons. The van der Waals surface area contributed by atoms with Crippen molar-refractivity contribution in [2.24, 2.45) is 33.5 Å². The third-order valence-corrected chi connectivity index (χ3v) is 14.4. The van der Waals surface area contributed by atoms with E-state index in [1.807, 2.05) is 13.8 Å². The van der Waals surface area contributed by atoms with Gasteiger partial charge in [0.05, 0.1) is 30.3 Å². The molecule has 10 nitrogen and oxygen atoms in total. The molecule has 4 fully saturated rings. The van der Waals surface area contributed by atoms with Crippen molar-refractivity contribution < 1.29 is 49.3 Å². The Bertz CT molecular complexity index is 1250. The maximum atomic E-state index is 14.3. The Morgan fingerprint density at radius 1 is 0.978 bits per heavy atom. The fourth-order valence-corrected chi connectivity index (χ4v) is 11.4. The maximum absolute atomic E-state index is 14.3. The van der Waals surface area contributed by atoms with E-state index in [9.17, 15) is 35.1 Å². The van der Waals surface area contributed by atoms with Gasteiger partial charge in [-0.05, 0) is 69.1 Å². The smallest absolute Gasteiger partial charge is 0.186 e. The molecule has 0 aromatic rings. The molecule has 5 N–H and O–H groups in total. The van der Waals surface area contributed by atoms with Crippen molar-refractivity contribution in [2.75, 3.05) is 13.2 Å². The molecule has 0 amide bonds. The number of carbonyl (C=O) groups excluding carboxylic acids is 2. The van der Waals surface area contributed by atoms with E-state index in [-0.39, 0.29) is 35.4 Å². The number of Topliss-reactive ketones (excluding diaryl/α,β-unsaturated/α-hetero) is 2. The van der Waals surface area contributed by atoms with Gasteiger partial charge in [-0.1, -0.05) is 45.8 Å². The number of ketones is 2. The predicted octanol–water partition coefficient (Wildman–Crippen LogP) is 2.60.